The van der Waals surface area contributed by atoms with E-state index in [1.807, 2.05) is 23.1 Å². The zero-order valence-electron chi connectivity index (χ0n) is 10.5. The van der Waals surface area contributed by atoms with Crippen LogP contribution in [0.1, 0.15) is 13.8 Å². The number of nitrogens with two attached hydrogens (primary N) is 1. The van der Waals surface area contributed by atoms with Gasteiger partial charge in [0.25, 0.3) is 0 Å². The molecule has 96 valence electrons. The Morgan fingerprint density at radius 1 is 1.28 bits per heavy atom. The van der Waals surface area contributed by atoms with Crippen molar-refractivity contribution in [2.75, 3.05) is 23.7 Å². The van der Waals surface area contributed by atoms with E-state index in [2.05, 4.69) is 23.9 Å². The molecule has 18 heavy (non-hydrogen) atoms. The first kappa shape index (κ1) is 12.7. The number of benzene rings is 1. The van der Waals surface area contributed by atoms with Crippen molar-refractivity contribution < 1.29 is 0 Å². The van der Waals surface area contributed by atoms with Gasteiger partial charge >= 0.3 is 0 Å². The van der Waals surface area contributed by atoms with Gasteiger partial charge in [-0.2, -0.15) is 9.67 Å². The minimum Gasteiger partial charge on any atom is -0.368 e. The fourth-order valence-corrected chi connectivity index (χ4v) is 1.97. The second-order valence-corrected chi connectivity index (χ2v) is 4.21. The number of rotatable bonds is 4. The van der Waals surface area contributed by atoms with Crippen LogP contribution in [0.15, 0.2) is 24.3 Å². The molecule has 1 heterocycles. The molecule has 0 radical (unpaired) electrons. The highest BCUT2D eigenvalue weighted by molar-refractivity contribution is 6.32. The number of nitrogen functional groups attached to an aromatic ring is 1. The van der Waals surface area contributed by atoms with Gasteiger partial charge < -0.3 is 10.6 Å². The molecule has 1 aromatic heterocycles. The minimum absolute atomic E-state index is 0.338. The lowest BCUT2D eigenvalue weighted by Gasteiger charge is -2.15. The van der Waals surface area contributed by atoms with Crippen LogP contribution in [0.25, 0.3) is 5.69 Å². The smallest absolute Gasteiger partial charge is 0.246 e. The predicted octanol–water partition coefficient (Wildman–Crippen LogP) is 2.35. The number of hydrogen-bond donors (Lipinski definition) is 1. The summed E-state index contributed by atoms with van der Waals surface area (Å²) in [5.41, 5.74) is 6.63. The number of hydrogen-bond acceptors (Lipinski definition) is 4. The fourth-order valence-electron chi connectivity index (χ4n) is 1.75. The van der Waals surface area contributed by atoms with Gasteiger partial charge in [-0.05, 0) is 26.0 Å². The molecule has 5 nitrogen and oxygen atoms in total. The molecule has 0 saturated heterocycles. The third-order valence-corrected chi connectivity index (χ3v) is 3.07. The van der Waals surface area contributed by atoms with Gasteiger partial charge in [0.15, 0.2) is 0 Å². The van der Waals surface area contributed by atoms with Crippen LogP contribution in [0.4, 0.5) is 11.9 Å². The van der Waals surface area contributed by atoms with Gasteiger partial charge in [0, 0.05) is 13.1 Å². The van der Waals surface area contributed by atoms with E-state index < -0.39 is 0 Å². The van der Waals surface area contributed by atoms with Crippen molar-refractivity contribution >= 4 is 23.5 Å². The van der Waals surface area contributed by atoms with Gasteiger partial charge in [-0.25, -0.2) is 0 Å². The summed E-state index contributed by atoms with van der Waals surface area (Å²) < 4.78 is 1.57. The molecule has 0 saturated carbocycles. The van der Waals surface area contributed by atoms with Crippen molar-refractivity contribution in [1.29, 1.82) is 0 Å². The topological polar surface area (TPSA) is 60.0 Å². The van der Waals surface area contributed by atoms with Gasteiger partial charge in [0.1, 0.15) is 0 Å². The molecule has 1 aromatic carbocycles. The van der Waals surface area contributed by atoms with Gasteiger partial charge in [0.05, 0.1) is 10.7 Å². The van der Waals surface area contributed by atoms with E-state index >= 15 is 0 Å². The van der Waals surface area contributed by atoms with Crippen LogP contribution in [0.5, 0.6) is 0 Å². The normalized spacial score (nSPS) is 10.6. The average Bonchev–Trinajstić information content (AvgIpc) is 2.73. The van der Waals surface area contributed by atoms with Crippen molar-refractivity contribution in [3.63, 3.8) is 0 Å². The Morgan fingerprint density at radius 2 is 1.94 bits per heavy atom. The first-order chi connectivity index (χ1) is 8.67. The summed E-state index contributed by atoms with van der Waals surface area (Å²) in [6.07, 6.45) is 0. The zero-order chi connectivity index (χ0) is 13.1. The molecule has 0 spiro atoms. The molecule has 0 bridgehead atoms. The standard InChI is InChI=1S/C12H16ClN5/c1-3-17(4-2)12-15-11(14)18(16-12)10-8-6-5-7-9(10)13/h5-8H,3-4H2,1-2H3,(H2,14,15,16). The SMILES string of the molecule is CCN(CC)c1nc(N)n(-c2ccccc2Cl)n1. The van der Waals surface area contributed by atoms with E-state index in [1.54, 1.807) is 10.7 Å². The van der Waals surface area contributed by atoms with Gasteiger partial charge in [-0.3, -0.25) is 0 Å². The summed E-state index contributed by atoms with van der Waals surface area (Å²) in [4.78, 5) is 6.30. The van der Waals surface area contributed by atoms with Crippen molar-refractivity contribution in [3.05, 3.63) is 29.3 Å². The predicted molar refractivity (Wildman–Crippen MR) is 74.3 cm³/mol. The maximum Gasteiger partial charge on any atom is 0.246 e. The highest BCUT2D eigenvalue weighted by Crippen LogP contribution is 2.22. The molecule has 0 atom stereocenters. The highest BCUT2D eigenvalue weighted by Gasteiger charge is 2.14. The number of para-hydroxylation sites is 1. The molecule has 0 aliphatic carbocycles. The van der Waals surface area contributed by atoms with E-state index in [-0.39, 0.29) is 0 Å². The van der Waals surface area contributed by atoms with Gasteiger partial charge in [0.2, 0.25) is 11.9 Å². The Kier molecular flexibility index (Phi) is 3.72. The highest BCUT2D eigenvalue weighted by atomic mass is 35.5. The number of nitrogens with zero attached hydrogens (tertiary/aromatic N) is 4. The maximum absolute atomic E-state index is 6.13. The lowest BCUT2D eigenvalue weighted by Crippen LogP contribution is -2.23. The lowest BCUT2D eigenvalue weighted by molar-refractivity contribution is 0.802. The van der Waals surface area contributed by atoms with E-state index in [4.69, 9.17) is 17.3 Å². The van der Waals surface area contributed by atoms with E-state index in [0.717, 1.165) is 18.8 Å². The first-order valence-corrected chi connectivity index (χ1v) is 6.27. The Balaban J connectivity index is 2.44. The number of anilines is 2. The van der Waals surface area contributed by atoms with Crippen LogP contribution in [0.3, 0.4) is 0 Å². The Hall–Kier alpha value is -1.75. The van der Waals surface area contributed by atoms with Crippen LogP contribution in [0, 0.1) is 0 Å². The minimum atomic E-state index is 0.338. The monoisotopic (exact) mass is 265 g/mol. The van der Waals surface area contributed by atoms with Crippen LogP contribution >= 0.6 is 11.6 Å². The Morgan fingerprint density at radius 3 is 2.56 bits per heavy atom. The Labute approximate surface area is 111 Å². The summed E-state index contributed by atoms with van der Waals surface area (Å²) in [7, 11) is 0. The van der Waals surface area contributed by atoms with E-state index in [1.165, 1.54) is 0 Å². The molecule has 0 aliphatic heterocycles. The fraction of sp³-hybridized carbons (Fsp3) is 0.333. The summed E-state index contributed by atoms with van der Waals surface area (Å²) in [5, 5.41) is 5.00. The van der Waals surface area contributed by atoms with E-state index in [0.29, 0.717) is 16.9 Å². The molecule has 0 amide bonds. The molecule has 0 aliphatic rings. The zero-order valence-corrected chi connectivity index (χ0v) is 11.2. The van der Waals surface area contributed by atoms with Gasteiger partial charge in [-0.1, -0.05) is 23.7 Å². The Bertz CT molecular complexity index is 533. The second kappa shape index (κ2) is 5.27. The number of halogens is 1. The van der Waals surface area contributed by atoms with Crippen molar-refractivity contribution in [3.8, 4) is 5.69 Å². The second-order valence-electron chi connectivity index (χ2n) is 3.81. The molecule has 0 unspecified atom stereocenters. The summed E-state index contributed by atoms with van der Waals surface area (Å²) >= 11 is 6.13. The van der Waals surface area contributed by atoms with E-state index in [9.17, 15) is 0 Å². The summed E-state index contributed by atoms with van der Waals surface area (Å²) in [5.74, 6) is 0.961. The van der Waals surface area contributed by atoms with Crippen LogP contribution < -0.4 is 10.6 Å². The molecule has 2 rings (SSSR count). The summed E-state index contributed by atoms with van der Waals surface area (Å²) in [6, 6.07) is 7.41. The van der Waals surface area contributed by atoms with Crippen molar-refractivity contribution in [2.24, 2.45) is 0 Å². The molecular weight excluding hydrogens is 250 g/mol. The van der Waals surface area contributed by atoms with Crippen LogP contribution in [-0.4, -0.2) is 27.9 Å². The van der Waals surface area contributed by atoms with Crippen molar-refractivity contribution in [1.82, 2.24) is 14.8 Å². The number of aromatic nitrogens is 3. The maximum atomic E-state index is 6.13. The molecule has 6 heteroatoms. The first-order valence-electron chi connectivity index (χ1n) is 5.89. The van der Waals surface area contributed by atoms with Gasteiger partial charge in [-0.15, -0.1) is 5.10 Å². The summed E-state index contributed by atoms with van der Waals surface area (Å²) in [6.45, 7) is 5.77. The van der Waals surface area contributed by atoms with Crippen LogP contribution in [-0.2, 0) is 0 Å². The molecule has 2 N–H and O–H groups in total. The quantitative estimate of drug-likeness (QED) is 0.922. The molecular formula is C12H16ClN5. The van der Waals surface area contributed by atoms with Crippen LogP contribution in [0.2, 0.25) is 5.02 Å². The molecule has 2 aromatic rings. The lowest BCUT2D eigenvalue weighted by atomic mass is 10.3. The molecule has 0 fully saturated rings. The van der Waals surface area contributed by atoms with Crippen molar-refractivity contribution in [2.45, 2.75) is 13.8 Å². The third-order valence-electron chi connectivity index (χ3n) is 2.75. The average molecular weight is 266 g/mol. The third kappa shape index (κ3) is 2.26. The largest absolute Gasteiger partial charge is 0.368 e.